The first-order chi connectivity index (χ1) is 9.15. The summed E-state index contributed by atoms with van der Waals surface area (Å²) in [6, 6.07) is 4.65. The SMILES string of the molecule is Cc1ccc(F)cc1-c1nc(Cl)c2c(n1)CCCC2. The van der Waals surface area contributed by atoms with Gasteiger partial charge in [0.05, 0.1) is 0 Å². The van der Waals surface area contributed by atoms with Crippen molar-refractivity contribution in [3.05, 3.63) is 46.0 Å². The first-order valence-electron chi connectivity index (χ1n) is 6.47. The summed E-state index contributed by atoms with van der Waals surface area (Å²) in [4.78, 5) is 8.93. The fraction of sp³-hybridized carbons (Fsp3) is 0.333. The Kier molecular flexibility index (Phi) is 3.23. The van der Waals surface area contributed by atoms with Gasteiger partial charge in [-0.15, -0.1) is 0 Å². The topological polar surface area (TPSA) is 25.8 Å². The number of fused-ring (bicyclic) bond motifs is 1. The van der Waals surface area contributed by atoms with E-state index >= 15 is 0 Å². The maximum Gasteiger partial charge on any atom is 0.161 e. The molecule has 1 aromatic heterocycles. The molecule has 0 saturated carbocycles. The van der Waals surface area contributed by atoms with Crippen LogP contribution in [-0.4, -0.2) is 9.97 Å². The molecule has 0 spiro atoms. The maximum atomic E-state index is 13.4. The van der Waals surface area contributed by atoms with Crippen molar-refractivity contribution in [2.45, 2.75) is 32.6 Å². The second kappa shape index (κ2) is 4.89. The number of halogens is 2. The van der Waals surface area contributed by atoms with Crippen LogP contribution in [0.3, 0.4) is 0 Å². The van der Waals surface area contributed by atoms with Crippen molar-refractivity contribution < 1.29 is 4.39 Å². The van der Waals surface area contributed by atoms with Crippen molar-refractivity contribution in [1.82, 2.24) is 9.97 Å². The van der Waals surface area contributed by atoms with Crippen LogP contribution < -0.4 is 0 Å². The van der Waals surface area contributed by atoms with E-state index < -0.39 is 0 Å². The summed E-state index contributed by atoms with van der Waals surface area (Å²) in [5, 5.41) is 0.517. The van der Waals surface area contributed by atoms with Crippen molar-refractivity contribution in [1.29, 1.82) is 0 Å². The molecule has 98 valence electrons. The molecule has 1 aromatic carbocycles. The molecule has 3 rings (SSSR count). The Hall–Kier alpha value is -1.48. The van der Waals surface area contributed by atoms with Gasteiger partial charge in [0.15, 0.2) is 5.82 Å². The molecule has 0 fully saturated rings. The highest BCUT2D eigenvalue weighted by Crippen LogP contribution is 2.29. The van der Waals surface area contributed by atoms with E-state index in [1.54, 1.807) is 6.07 Å². The number of aryl methyl sites for hydroxylation is 2. The molecule has 19 heavy (non-hydrogen) atoms. The van der Waals surface area contributed by atoms with Crippen LogP contribution in [0.2, 0.25) is 5.15 Å². The third-order valence-corrected chi connectivity index (χ3v) is 3.89. The Balaban J connectivity index is 2.15. The molecule has 0 bridgehead atoms. The number of nitrogens with zero attached hydrogens (tertiary/aromatic N) is 2. The van der Waals surface area contributed by atoms with Crippen LogP contribution >= 0.6 is 11.6 Å². The quantitative estimate of drug-likeness (QED) is 0.732. The normalized spacial score (nSPS) is 14.3. The van der Waals surface area contributed by atoms with Gasteiger partial charge in [-0.3, -0.25) is 0 Å². The largest absolute Gasteiger partial charge is 0.233 e. The summed E-state index contributed by atoms with van der Waals surface area (Å²) in [6.07, 6.45) is 4.13. The minimum absolute atomic E-state index is 0.280. The Morgan fingerprint density at radius 3 is 2.79 bits per heavy atom. The molecule has 0 atom stereocenters. The van der Waals surface area contributed by atoms with Gasteiger partial charge in [-0.25, -0.2) is 14.4 Å². The van der Waals surface area contributed by atoms with Crippen molar-refractivity contribution in [2.24, 2.45) is 0 Å². The predicted molar refractivity (Wildman–Crippen MR) is 73.8 cm³/mol. The van der Waals surface area contributed by atoms with Crippen LogP contribution in [0.25, 0.3) is 11.4 Å². The molecular weight excluding hydrogens is 263 g/mol. The summed E-state index contributed by atoms with van der Waals surface area (Å²) in [5.74, 6) is 0.251. The lowest BCUT2D eigenvalue weighted by molar-refractivity contribution is 0.627. The number of hydrogen-bond acceptors (Lipinski definition) is 2. The summed E-state index contributed by atoms with van der Waals surface area (Å²) in [5.41, 5.74) is 3.75. The third-order valence-electron chi connectivity index (χ3n) is 3.57. The lowest BCUT2D eigenvalue weighted by atomic mass is 9.97. The second-order valence-corrected chi connectivity index (χ2v) is 5.29. The van der Waals surface area contributed by atoms with E-state index in [-0.39, 0.29) is 5.82 Å². The zero-order chi connectivity index (χ0) is 13.4. The van der Waals surface area contributed by atoms with Gasteiger partial charge in [-0.05, 0) is 50.3 Å². The molecule has 0 amide bonds. The molecule has 4 heteroatoms. The average Bonchev–Trinajstić information content (AvgIpc) is 2.41. The number of rotatable bonds is 1. The molecule has 0 aliphatic heterocycles. The van der Waals surface area contributed by atoms with E-state index in [4.69, 9.17) is 11.6 Å². The Labute approximate surface area is 116 Å². The first-order valence-corrected chi connectivity index (χ1v) is 6.85. The lowest BCUT2D eigenvalue weighted by Gasteiger charge is -2.17. The van der Waals surface area contributed by atoms with Gasteiger partial charge in [0, 0.05) is 16.8 Å². The molecule has 2 aromatic rings. The molecule has 0 N–H and O–H groups in total. The lowest BCUT2D eigenvalue weighted by Crippen LogP contribution is -2.09. The zero-order valence-corrected chi connectivity index (χ0v) is 11.5. The van der Waals surface area contributed by atoms with E-state index in [2.05, 4.69) is 9.97 Å². The smallest absolute Gasteiger partial charge is 0.161 e. The minimum atomic E-state index is -0.280. The van der Waals surface area contributed by atoms with Gasteiger partial charge in [0.2, 0.25) is 0 Å². The minimum Gasteiger partial charge on any atom is -0.233 e. The van der Waals surface area contributed by atoms with Crippen LogP contribution in [0, 0.1) is 12.7 Å². The Morgan fingerprint density at radius 2 is 1.95 bits per heavy atom. The summed E-state index contributed by atoms with van der Waals surface area (Å²) >= 11 is 6.24. The van der Waals surface area contributed by atoms with Gasteiger partial charge in [-0.1, -0.05) is 17.7 Å². The van der Waals surface area contributed by atoms with E-state index in [0.29, 0.717) is 11.0 Å². The molecule has 0 radical (unpaired) electrons. The van der Waals surface area contributed by atoms with Crippen LogP contribution in [0.15, 0.2) is 18.2 Å². The monoisotopic (exact) mass is 276 g/mol. The molecular formula is C15H14ClFN2. The fourth-order valence-corrected chi connectivity index (χ4v) is 2.79. The standard InChI is InChI=1S/C15H14ClFN2/c1-9-6-7-10(17)8-12(9)15-18-13-5-3-2-4-11(13)14(16)19-15/h6-8H,2-5H2,1H3. The number of aromatic nitrogens is 2. The summed E-state index contributed by atoms with van der Waals surface area (Å²) in [6.45, 7) is 1.92. The van der Waals surface area contributed by atoms with E-state index in [1.165, 1.54) is 12.1 Å². The van der Waals surface area contributed by atoms with Crippen LogP contribution in [-0.2, 0) is 12.8 Å². The van der Waals surface area contributed by atoms with Crippen LogP contribution in [0.4, 0.5) is 4.39 Å². The highest BCUT2D eigenvalue weighted by atomic mass is 35.5. The van der Waals surface area contributed by atoms with Crippen molar-refractivity contribution in [2.75, 3.05) is 0 Å². The molecule has 2 nitrogen and oxygen atoms in total. The van der Waals surface area contributed by atoms with Gasteiger partial charge in [0.1, 0.15) is 11.0 Å². The van der Waals surface area contributed by atoms with E-state index in [1.807, 2.05) is 6.92 Å². The Morgan fingerprint density at radius 1 is 1.16 bits per heavy atom. The Bertz CT molecular complexity index is 640. The van der Waals surface area contributed by atoms with Crippen molar-refractivity contribution in [3.8, 4) is 11.4 Å². The van der Waals surface area contributed by atoms with Gasteiger partial charge >= 0.3 is 0 Å². The second-order valence-electron chi connectivity index (χ2n) is 4.93. The van der Waals surface area contributed by atoms with E-state index in [9.17, 15) is 4.39 Å². The van der Waals surface area contributed by atoms with Crippen molar-refractivity contribution in [3.63, 3.8) is 0 Å². The summed E-state index contributed by atoms with van der Waals surface area (Å²) < 4.78 is 13.4. The summed E-state index contributed by atoms with van der Waals surface area (Å²) in [7, 11) is 0. The predicted octanol–water partition coefficient (Wildman–Crippen LogP) is 4.12. The average molecular weight is 277 g/mol. The van der Waals surface area contributed by atoms with Gasteiger partial charge in [0.25, 0.3) is 0 Å². The number of benzene rings is 1. The molecule has 1 aliphatic rings. The van der Waals surface area contributed by atoms with Crippen LogP contribution in [0.1, 0.15) is 29.7 Å². The van der Waals surface area contributed by atoms with Crippen LogP contribution in [0.5, 0.6) is 0 Å². The van der Waals surface area contributed by atoms with Crippen molar-refractivity contribution >= 4 is 11.6 Å². The third kappa shape index (κ3) is 2.35. The number of hydrogen-bond donors (Lipinski definition) is 0. The fourth-order valence-electron chi connectivity index (χ4n) is 2.50. The maximum absolute atomic E-state index is 13.4. The molecule has 0 unspecified atom stereocenters. The highest BCUT2D eigenvalue weighted by Gasteiger charge is 2.18. The van der Waals surface area contributed by atoms with Gasteiger partial charge in [-0.2, -0.15) is 0 Å². The highest BCUT2D eigenvalue weighted by molar-refractivity contribution is 6.30. The first kappa shape index (κ1) is 12.5. The van der Waals surface area contributed by atoms with Gasteiger partial charge < -0.3 is 0 Å². The zero-order valence-electron chi connectivity index (χ0n) is 10.7. The van der Waals surface area contributed by atoms with E-state index in [0.717, 1.165) is 48.1 Å². The molecule has 0 saturated heterocycles. The molecule has 1 aliphatic carbocycles. The molecule has 1 heterocycles.